The molecule has 2 heterocycles. The summed E-state index contributed by atoms with van der Waals surface area (Å²) in [5.74, 6) is -0.261. The van der Waals surface area contributed by atoms with Gasteiger partial charge < -0.3 is 20.3 Å². The number of ether oxygens (including phenoxy) is 1. The molecule has 3 N–H and O–H groups in total. The van der Waals surface area contributed by atoms with Gasteiger partial charge in [-0.2, -0.15) is 0 Å². The number of aryl methyl sites for hydroxylation is 1. The van der Waals surface area contributed by atoms with Crippen LogP contribution in [0.5, 0.6) is 17.2 Å². The maximum atomic E-state index is 12.6. The molecule has 2 aliphatic rings. The number of phenols is 2. The molecule has 1 unspecified atom stereocenters. The van der Waals surface area contributed by atoms with Gasteiger partial charge in [0.15, 0.2) is 11.5 Å². The topological polar surface area (TPSA) is 78.8 Å². The van der Waals surface area contributed by atoms with Crippen molar-refractivity contribution in [2.24, 2.45) is 0 Å². The second-order valence-corrected chi connectivity index (χ2v) is 5.53. The minimum Gasteiger partial charge on any atom is -0.504 e. The quantitative estimate of drug-likeness (QED) is 0.646. The van der Waals surface area contributed by atoms with Gasteiger partial charge in [-0.25, -0.2) is 0 Å². The van der Waals surface area contributed by atoms with Crippen molar-refractivity contribution in [3.8, 4) is 17.2 Å². The van der Waals surface area contributed by atoms with E-state index in [2.05, 4.69) is 5.32 Å². The van der Waals surface area contributed by atoms with E-state index in [1.54, 1.807) is 0 Å². The number of amides is 1. The van der Waals surface area contributed by atoms with Crippen molar-refractivity contribution >= 4 is 11.6 Å². The summed E-state index contributed by atoms with van der Waals surface area (Å²) in [6.45, 7) is 2.12. The van der Waals surface area contributed by atoms with E-state index in [0.717, 1.165) is 16.8 Å². The number of hydrogen-bond donors (Lipinski definition) is 3. The molecule has 1 amide bonds. The average Bonchev–Trinajstić information content (AvgIpc) is 2.93. The summed E-state index contributed by atoms with van der Waals surface area (Å²) in [6.07, 6.45) is 0. The fraction of sp³-hybridized carbons (Fsp3) is 0.188. The monoisotopic (exact) mass is 283 g/mol. The van der Waals surface area contributed by atoms with Crippen molar-refractivity contribution in [2.75, 3.05) is 11.9 Å². The number of anilines is 1. The summed E-state index contributed by atoms with van der Waals surface area (Å²) in [4.78, 5) is 12.6. The number of phenolic OH excluding ortho intramolecular Hbond substituents is 2. The third-order valence-corrected chi connectivity index (χ3v) is 4.25. The van der Waals surface area contributed by atoms with Crippen LogP contribution in [0.25, 0.3) is 0 Å². The van der Waals surface area contributed by atoms with E-state index in [1.165, 1.54) is 12.1 Å². The molecule has 1 atom stereocenters. The van der Waals surface area contributed by atoms with Gasteiger partial charge >= 0.3 is 0 Å². The standard InChI is InChI=1S/C16H13NO4/c1-8-2-3-11-9(4-8)16(15(20)17-11)7-21-14-6-13(19)12(18)5-10(14)16/h2-6,18-19H,7H2,1H3,(H,17,20). The van der Waals surface area contributed by atoms with Gasteiger partial charge in [-0.05, 0) is 24.6 Å². The molecule has 0 saturated carbocycles. The molecule has 5 nitrogen and oxygen atoms in total. The molecule has 0 bridgehead atoms. The Bertz CT molecular complexity index is 799. The van der Waals surface area contributed by atoms with Crippen LogP contribution in [0.1, 0.15) is 16.7 Å². The smallest absolute Gasteiger partial charge is 0.243 e. The van der Waals surface area contributed by atoms with Crippen LogP contribution in [0.15, 0.2) is 30.3 Å². The van der Waals surface area contributed by atoms with Gasteiger partial charge in [-0.15, -0.1) is 0 Å². The first-order chi connectivity index (χ1) is 10.0. The molecule has 0 aliphatic carbocycles. The number of fused-ring (bicyclic) bond motifs is 4. The first-order valence-electron chi connectivity index (χ1n) is 6.64. The Morgan fingerprint density at radius 2 is 1.90 bits per heavy atom. The zero-order valence-corrected chi connectivity index (χ0v) is 11.3. The van der Waals surface area contributed by atoms with Gasteiger partial charge in [-0.3, -0.25) is 4.79 Å². The number of carbonyl (C=O) groups excluding carboxylic acids is 1. The molecular weight excluding hydrogens is 270 g/mol. The lowest BCUT2D eigenvalue weighted by Crippen LogP contribution is -2.37. The molecule has 0 fully saturated rings. The number of aromatic hydroxyl groups is 2. The summed E-state index contributed by atoms with van der Waals surface area (Å²) >= 11 is 0. The highest BCUT2D eigenvalue weighted by molar-refractivity contribution is 6.10. The molecule has 2 aliphatic heterocycles. The van der Waals surface area contributed by atoms with Crippen molar-refractivity contribution in [1.29, 1.82) is 0 Å². The molecule has 2 aromatic carbocycles. The molecule has 0 saturated heterocycles. The van der Waals surface area contributed by atoms with Crippen LogP contribution in [0.3, 0.4) is 0 Å². The number of carbonyl (C=O) groups is 1. The van der Waals surface area contributed by atoms with E-state index < -0.39 is 5.41 Å². The first-order valence-corrected chi connectivity index (χ1v) is 6.64. The van der Waals surface area contributed by atoms with Gasteiger partial charge in [-0.1, -0.05) is 17.7 Å². The number of rotatable bonds is 0. The van der Waals surface area contributed by atoms with E-state index >= 15 is 0 Å². The lowest BCUT2D eigenvalue weighted by molar-refractivity contribution is -0.119. The van der Waals surface area contributed by atoms with Crippen LogP contribution in [0.4, 0.5) is 5.69 Å². The highest BCUT2D eigenvalue weighted by Crippen LogP contribution is 2.52. The first kappa shape index (κ1) is 12.1. The average molecular weight is 283 g/mol. The van der Waals surface area contributed by atoms with Crippen molar-refractivity contribution in [3.05, 3.63) is 47.0 Å². The Kier molecular flexibility index (Phi) is 2.12. The van der Waals surface area contributed by atoms with Gasteiger partial charge in [0.1, 0.15) is 17.8 Å². The van der Waals surface area contributed by atoms with E-state index in [1.807, 2.05) is 25.1 Å². The van der Waals surface area contributed by atoms with E-state index in [-0.39, 0.29) is 24.0 Å². The summed E-state index contributed by atoms with van der Waals surface area (Å²) in [7, 11) is 0. The third-order valence-electron chi connectivity index (χ3n) is 4.25. The number of benzene rings is 2. The lowest BCUT2D eigenvalue weighted by Gasteiger charge is -2.20. The maximum absolute atomic E-state index is 12.6. The Morgan fingerprint density at radius 3 is 2.71 bits per heavy atom. The largest absolute Gasteiger partial charge is 0.504 e. The number of hydrogen-bond acceptors (Lipinski definition) is 4. The molecule has 0 radical (unpaired) electrons. The second-order valence-electron chi connectivity index (χ2n) is 5.53. The maximum Gasteiger partial charge on any atom is 0.243 e. The van der Waals surface area contributed by atoms with E-state index in [0.29, 0.717) is 11.3 Å². The Hall–Kier alpha value is -2.69. The van der Waals surface area contributed by atoms with Gasteiger partial charge in [0.2, 0.25) is 5.91 Å². The fourth-order valence-corrected chi connectivity index (χ4v) is 3.16. The van der Waals surface area contributed by atoms with E-state index in [9.17, 15) is 15.0 Å². The summed E-state index contributed by atoms with van der Waals surface area (Å²) in [6, 6.07) is 8.52. The SMILES string of the molecule is Cc1ccc2c(c1)C1(COc3cc(O)c(O)cc31)C(=O)N2. The third kappa shape index (κ3) is 1.38. The zero-order chi connectivity index (χ0) is 14.8. The molecule has 1 spiro atoms. The van der Waals surface area contributed by atoms with Crippen molar-refractivity contribution in [2.45, 2.75) is 12.3 Å². The van der Waals surface area contributed by atoms with Crippen LogP contribution in [-0.2, 0) is 10.2 Å². The van der Waals surface area contributed by atoms with Gasteiger partial charge in [0, 0.05) is 17.3 Å². The summed E-state index contributed by atoms with van der Waals surface area (Å²) in [5, 5.41) is 22.2. The lowest BCUT2D eigenvalue weighted by atomic mass is 9.76. The fourth-order valence-electron chi connectivity index (χ4n) is 3.16. The van der Waals surface area contributed by atoms with Crippen molar-refractivity contribution in [1.82, 2.24) is 0 Å². The van der Waals surface area contributed by atoms with Crippen LogP contribution in [-0.4, -0.2) is 22.7 Å². The molecule has 0 aromatic heterocycles. The van der Waals surface area contributed by atoms with Crippen molar-refractivity contribution in [3.63, 3.8) is 0 Å². The Morgan fingerprint density at radius 1 is 1.14 bits per heavy atom. The van der Waals surface area contributed by atoms with Gasteiger partial charge in [0.25, 0.3) is 0 Å². The molecule has 5 heteroatoms. The van der Waals surface area contributed by atoms with Crippen LogP contribution < -0.4 is 10.1 Å². The Balaban J connectivity index is 2.02. The summed E-state index contributed by atoms with van der Waals surface area (Å²) in [5.41, 5.74) is 2.27. The predicted molar refractivity (Wildman–Crippen MR) is 75.9 cm³/mol. The second kappa shape index (κ2) is 3.69. The molecule has 21 heavy (non-hydrogen) atoms. The predicted octanol–water partition coefficient (Wildman–Crippen LogP) is 2.04. The normalized spacial score (nSPS) is 21.9. The molecular formula is C16H13NO4. The molecule has 4 rings (SSSR count). The molecule has 106 valence electrons. The van der Waals surface area contributed by atoms with Crippen LogP contribution in [0.2, 0.25) is 0 Å². The van der Waals surface area contributed by atoms with E-state index in [4.69, 9.17) is 4.74 Å². The summed E-state index contributed by atoms with van der Waals surface area (Å²) < 4.78 is 5.61. The van der Waals surface area contributed by atoms with Crippen LogP contribution in [0, 0.1) is 6.92 Å². The number of nitrogens with one attached hydrogen (secondary N) is 1. The highest BCUT2D eigenvalue weighted by Gasteiger charge is 2.54. The minimum absolute atomic E-state index is 0.160. The zero-order valence-electron chi connectivity index (χ0n) is 11.3. The Labute approximate surface area is 120 Å². The minimum atomic E-state index is -0.956. The van der Waals surface area contributed by atoms with Crippen LogP contribution >= 0.6 is 0 Å². The highest BCUT2D eigenvalue weighted by atomic mass is 16.5. The van der Waals surface area contributed by atoms with Gasteiger partial charge in [0.05, 0.1) is 0 Å². The van der Waals surface area contributed by atoms with Crippen molar-refractivity contribution < 1.29 is 19.7 Å². The molecule has 2 aromatic rings.